The van der Waals surface area contributed by atoms with Crippen LogP contribution in [0.15, 0.2) is 24.4 Å². The minimum atomic E-state index is 0.151. The zero-order valence-corrected chi connectivity index (χ0v) is 8.30. The Balaban J connectivity index is 2.18. The lowest BCUT2D eigenvalue weighted by atomic mass is 10.1. The van der Waals surface area contributed by atoms with Gasteiger partial charge in [-0.1, -0.05) is 12.1 Å². The number of fused-ring (bicyclic) bond motifs is 1. The van der Waals surface area contributed by atoms with Gasteiger partial charge in [-0.3, -0.25) is 0 Å². The quantitative estimate of drug-likeness (QED) is 0.753. The highest BCUT2D eigenvalue weighted by Gasteiger charge is 2.23. The average Bonchev–Trinajstić information content (AvgIpc) is 2.98. The van der Waals surface area contributed by atoms with Crippen molar-refractivity contribution in [3.05, 3.63) is 30.0 Å². The van der Waals surface area contributed by atoms with Crippen LogP contribution in [-0.2, 0) is 0 Å². The maximum absolute atomic E-state index is 12.5. The van der Waals surface area contributed by atoms with Crippen molar-refractivity contribution in [1.29, 1.82) is 0 Å². The zero-order valence-electron chi connectivity index (χ0n) is 7.48. The first-order valence-electron chi connectivity index (χ1n) is 4.65. The van der Waals surface area contributed by atoms with E-state index in [0.29, 0.717) is 5.92 Å². The highest BCUT2D eigenvalue weighted by Crippen LogP contribution is 2.41. The Hall–Kier alpha value is -1.03. The molecule has 2 nitrogen and oxygen atoms in total. The zero-order chi connectivity index (χ0) is 9.54. The van der Waals surface area contributed by atoms with E-state index in [2.05, 4.69) is 11.2 Å². The van der Waals surface area contributed by atoms with Crippen LogP contribution in [0.5, 0.6) is 0 Å². The monoisotopic (exact) mass is 208 g/mol. The topological polar surface area (TPSA) is 17.8 Å². The van der Waals surface area contributed by atoms with Crippen LogP contribution in [0.4, 0.5) is 3.89 Å². The Labute approximate surface area is 85.5 Å². The molecule has 72 valence electrons. The minimum absolute atomic E-state index is 0.151. The van der Waals surface area contributed by atoms with Crippen molar-refractivity contribution >= 4 is 23.2 Å². The van der Waals surface area contributed by atoms with Crippen LogP contribution in [0.2, 0.25) is 0 Å². The molecule has 0 atom stereocenters. The fraction of sp³-hybridized carbons (Fsp3) is 0.300. The van der Waals surface area contributed by atoms with Gasteiger partial charge in [-0.25, -0.2) is 0 Å². The molecule has 1 aromatic heterocycles. The molecule has 0 unspecified atom stereocenters. The summed E-state index contributed by atoms with van der Waals surface area (Å²) in [6.45, 7) is 0. The predicted octanol–water partition coefficient (Wildman–Crippen LogP) is 3.29. The van der Waals surface area contributed by atoms with E-state index in [-0.39, 0.29) is 12.3 Å². The number of halogens is 1. The van der Waals surface area contributed by atoms with Crippen molar-refractivity contribution in [2.24, 2.45) is 0 Å². The second kappa shape index (κ2) is 2.98. The maximum atomic E-state index is 12.5. The highest BCUT2D eigenvalue weighted by molar-refractivity contribution is 7.92. The molecule has 4 heteroatoms. The minimum Gasteiger partial charge on any atom is -0.176 e. The van der Waals surface area contributed by atoms with Gasteiger partial charge in [-0.05, 0) is 30.4 Å². The SMILES string of the molecule is FSn1ncc2ccc(C3CC3)cc21. The van der Waals surface area contributed by atoms with Gasteiger partial charge in [-0.15, -0.1) is 3.89 Å². The predicted molar refractivity (Wildman–Crippen MR) is 55.8 cm³/mol. The lowest BCUT2D eigenvalue weighted by Crippen LogP contribution is -1.86. The van der Waals surface area contributed by atoms with Crippen LogP contribution in [0.1, 0.15) is 24.3 Å². The van der Waals surface area contributed by atoms with E-state index in [1.807, 2.05) is 12.1 Å². The van der Waals surface area contributed by atoms with E-state index in [0.717, 1.165) is 10.9 Å². The molecule has 14 heavy (non-hydrogen) atoms. The standard InChI is InChI=1S/C10H9FN2S/c11-14-13-10-5-8(7-1-2-7)3-4-9(10)6-12-13/h3-7H,1-2H2. The van der Waals surface area contributed by atoms with E-state index in [9.17, 15) is 3.89 Å². The van der Waals surface area contributed by atoms with Crippen LogP contribution in [0.3, 0.4) is 0 Å². The van der Waals surface area contributed by atoms with Crippen LogP contribution in [-0.4, -0.2) is 9.19 Å². The van der Waals surface area contributed by atoms with Crippen molar-refractivity contribution in [3.63, 3.8) is 0 Å². The van der Waals surface area contributed by atoms with E-state index in [4.69, 9.17) is 0 Å². The molecule has 0 spiro atoms. The Morgan fingerprint density at radius 1 is 1.43 bits per heavy atom. The molecule has 1 aromatic carbocycles. The van der Waals surface area contributed by atoms with Crippen molar-refractivity contribution in [2.75, 3.05) is 0 Å². The fourth-order valence-electron chi connectivity index (χ4n) is 1.74. The summed E-state index contributed by atoms with van der Waals surface area (Å²) in [5, 5.41) is 4.94. The fourth-order valence-corrected chi connectivity index (χ4v) is 2.05. The van der Waals surface area contributed by atoms with Crippen LogP contribution < -0.4 is 0 Å². The van der Waals surface area contributed by atoms with Gasteiger partial charge in [0.15, 0.2) is 12.3 Å². The van der Waals surface area contributed by atoms with Crippen molar-refractivity contribution in [1.82, 2.24) is 9.19 Å². The molecule has 1 fully saturated rings. The summed E-state index contributed by atoms with van der Waals surface area (Å²) in [6, 6.07) is 6.18. The van der Waals surface area contributed by atoms with Gasteiger partial charge in [0.2, 0.25) is 0 Å². The molecule has 2 aromatic rings. The second-order valence-electron chi connectivity index (χ2n) is 3.68. The first-order valence-corrected chi connectivity index (χ1v) is 5.32. The molecule has 0 amide bonds. The first-order chi connectivity index (χ1) is 6.88. The number of aromatic nitrogens is 2. The molecular formula is C10H9FN2S. The van der Waals surface area contributed by atoms with Gasteiger partial charge in [0.1, 0.15) is 0 Å². The summed E-state index contributed by atoms with van der Waals surface area (Å²) in [5.74, 6) is 0.701. The Morgan fingerprint density at radius 3 is 3.00 bits per heavy atom. The molecule has 1 aliphatic rings. The number of hydrogen-bond acceptors (Lipinski definition) is 2. The molecule has 1 aliphatic carbocycles. The van der Waals surface area contributed by atoms with Gasteiger partial charge in [0.05, 0.1) is 11.7 Å². The van der Waals surface area contributed by atoms with Gasteiger partial charge >= 0.3 is 0 Å². The van der Waals surface area contributed by atoms with Gasteiger partial charge < -0.3 is 0 Å². The Bertz CT molecular complexity index is 476. The second-order valence-corrected chi connectivity index (χ2v) is 4.16. The normalized spacial score (nSPS) is 16.4. The Morgan fingerprint density at radius 2 is 2.29 bits per heavy atom. The number of hydrogen-bond donors (Lipinski definition) is 0. The van der Waals surface area contributed by atoms with Gasteiger partial charge in [-0.2, -0.15) is 9.19 Å². The van der Waals surface area contributed by atoms with Crippen LogP contribution in [0.25, 0.3) is 10.9 Å². The molecule has 1 heterocycles. The first kappa shape index (κ1) is 8.29. The average molecular weight is 208 g/mol. The highest BCUT2D eigenvalue weighted by atomic mass is 32.2. The van der Waals surface area contributed by atoms with Crippen molar-refractivity contribution < 1.29 is 3.89 Å². The van der Waals surface area contributed by atoms with Crippen molar-refractivity contribution in [2.45, 2.75) is 18.8 Å². The number of rotatable bonds is 2. The summed E-state index contributed by atoms with van der Waals surface area (Å²) < 4.78 is 13.8. The van der Waals surface area contributed by atoms with Crippen LogP contribution >= 0.6 is 12.3 Å². The summed E-state index contributed by atoms with van der Waals surface area (Å²) in [6.07, 6.45) is 4.23. The molecule has 0 aliphatic heterocycles. The van der Waals surface area contributed by atoms with Gasteiger partial charge in [0, 0.05) is 5.39 Å². The molecule has 3 rings (SSSR count). The van der Waals surface area contributed by atoms with E-state index >= 15 is 0 Å². The third-order valence-electron chi connectivity index (χ3n) is 2.68. The third kappa shape index (κ3) is 1.21. The molecule has 0 saturated heterocycles. The molecule has 1 saturated carbocycles. The Kier molecular flexibility index (Phi) is 1.77. The molecule has 0 N–H and O–H groups in total. The number of benzene rings is 1. The smallest absolute Gasteiger partial charge is 0.176 e. The van der Waals surface area contributed by atoms with E-state index in [1.54, 1.807) is 6.20 Å². The third-order valence-corrected chi connectivity index (χ3v) is 3.10. The lowest BCUT2D eigenvalue weighted by Gasteiger charge is -1.99. The maximum Gasteiger partial charge on any atom is 0.188 e. The molecular weight excluding hydrogens is 199 g/mol. The van der Waals surface area contributed by atoms with Crippen molar-refractivity contribution in [3.8, 4) is 0 Å². The lowest BCUT2D eigenvalue weighted by molar-refractivity contribution is 0.888. The number of nitrogens with zero attached hydrogens (tertiary/aromatic N) is 2. The van der Waals surface area contributed by atoms with E-state index < -0.39 is 0 Å². The summed E-state index contributed by atoms with van der Waals surface area (Å²) in [7, 11) is 0. The van der Waals surface area contributed by atoms with Gasteiger partial charge in [0.25, 0.3) is 0 Å². The summed E-state index contributed by atoms with van der Waals surface area (Å²) in [4.78, 5) is 0. The summed E-state index contributed by atoms with van der Waals surface area (Å²) >= 11 is 0.151. The van der Waals surface area contributed by atoms with Crippen LogP contribution in [0, 0.1) is 0 Å². The molecule has 0 bridgehead atoms. The summed E-state index contributed by atoms with van der Waals surface area (Å²) in [5.41, 5.74) is 2.19. The van der Waals surface area contributed by atoms with E-state index in [1.165, 1.54) is 22.5 Å². The molecule has 0 radical (unpaired) electrons. The largest absolute Gasteiger partial charge is 0.188 e.